The van der Waals surface area contributed by atoms with Crippen LogP contribution in [0.4, 0.5) is 10.5 Å². The number of ether oxygens (including phenoxy) is 4. The average Bonchev–Trinajstić information content (AvgIpc) is 3.36. The van der Waals surface area contributed by atoms with Gasteiger partial charge in [-0.15, -0.1) is 0 Å². The van der Waals surface area contributed by atoms with E-state index in [1.807, 2.05) is 0 Å². The van der Waals surface area contributed by atoms with Crippen LogP contribution < -0.4 is 14.8 Å². The lowest BCUT2D eigenvalue weighted by Gasteiger charge is -2.25. The number of rotatable bonds is 14. The van der Waals surface area contributed by atoms with Gasteiger partial charge in [-0.1, -0.05) is 47.5 Å². The molecule has 2 amide bonds. The third kappa shape index (κ3) is 10.4. The van der Waals surface area contributed by atoms with Crippen molar-refractivity contribution in [3.8, 4) is 11.5 Å². The Morgan fingerprint density at radius 1 is 1.18 bits per heavy atom. The summed E-state index contributed by atoms with van der Waals surface area (Å²) in [5.74, 6) is -0.203. The summed E-state index contributed by atoms with van der Waals surface area (Å²) in [5.41, 5.74) is 0.360. The maximum atomic E-state index is 13.4. The second kappa shape index (κ2) is 15.9. The topological polar surface area (TPSA) is 124 Å². The van der Waals surface area contributed by atoms with E-state index in [1.165, 1.54) is 25.3 Å². The Morgan fingerprint density at radius 3 is 2.61 bits per heavy atom. The summed E-state index contributed by atoms with van der Waals surface area (Å²) < 4.78 is 19.6. The fourth-order valence-corrected chi connectivity index (χ4v) is 3.97. The van der Waals surface area contributed by atoms with Crippen LogP contribution in [0.3, 0.4) is 0 Å². The number of benzene rings is 1. The number of likely N-dealkylation sites (tertiary alicyclic amines) is 1. The molecule has 1 fully saturated rings. The number of anilines is 1. The molecule has 0 bridgehead atoms. The number of hydrogen-bond acceptors (Lipinski definition) is 8. The number of aliphatic hydroxyl groups is 1. The number of esters is 1. The number of carbonyl (C=O) groups excluding carboxylic acids is 3. The lowest BCUT2D eigenvalue weighted by molar-refractivity contribution is -0.143. The standard InChI is InChI=1S/C25H33Cl3N2O8/c1-3-11-37-24(34)29-19-14-21(36-12-6-4-5-9-22(32)38-16-25(26,27)28)20(35-2)13-18(19)23(33)30-10-7-8-17(30)15-31/h3,13-14,17,31H,1,4-12,15-16H2,2H3,(H,29,34). The maximum absolute atomic E-state index is 13.4. The normalized spacial score (nSPS) is 15.1. The highest BCUT2D eigenvalue weighted by Crippen LogP contribution is 2.36. The van der Waals surface area contributed by atoms with Crippen LogP contribution in [-0.4, -0.2) is 77.9 Å². The van der Waals surface area contributed by atoms with Crippen molar-refractivity contribution in [2.75, 3.05) is 45.4 Å². The first-order chi connectivity index (χ1) is 18.1. The van der Waals surface area contributed by atoms with E-state index in [0.29, 0.717) is 43.7 Å². The van der Waals surface area contributed by atoms with Gasteiger partial charge in [0.15, 0.2) is 11.5 Å². The molecule has 0 aromatic heterocycles. The highest BCUT2D eigenvalue weighted by molar-refractivity contribution is 6.67. The third-order valence-corrected chi connectivity index (χ3v) is 5.96. The molecule has 1 heterocycles. The summed E-state index contributed by atoms with van der Waals surface area (Å²) in [7, 11) is 1.44. The van der Waals surface area contributed by atoms with Crippen LogP contribution in [0.2, 0.25) is 0 Å². The van der Waals surface area contributed by atoms with E-state index in [4.69, 9.17) is 53.8 Å². The van der Waals surface area contributed by atoms with Gasteiger partial charge in [-0.3, -0.25) is 14.9 Å². The van der Waals surface area contributed by atoms with E-state index < -0.39 is 15.9 Å². The highest BCUT2D eigenvalue weighted by atomic mass is 35.6. The van der Waals surface area contributed by atoms with Gasteiger partial charge in [0, 0.05) is 19.0 Å². The molecule has 1 saturated heterocycles. The van der Waals surface area contributed by atoms with Gasteiger partial charge in [0.25, 0.3) is 5.91 Å². The molecule has 10 nitrogen and oxygen atoms in total. The van der Waals surface area contributed by atoms with Gasteiger partial charge in [-0.2, -0.15) is 0 Å². The molecule has 1 aromatic carbocycles. The van der Waals surface area contributed by atoms with Crippen LogP contribution >= 0.6 is 34.8 Å². The van der Waals surface area contributed by atoms with Gasteiger partial charge in [0.1, 0.15) is 13.2 Å². The van der Waals surface area contributed by atoms with E-state index in [0.717, 1.165) is 6.42 Å². The molecule has 0 spiro atoms. The molecule has 212 valence electrons. The van der Waals surface area contributed by atoms with Crippen molar-refractivity contribution in [2.45, 2.75) is 48.4 Å². The van der Waals surface area contributed by atoms with Gasteiger partial charge >= 0.3 is 12.1 Å². The molecule has 2 N–H and O–H groups in total. The molecule has 0 aliphatic carbocycles. The van der Waals surface area contributed by atoms with Crippen molar-refractivity contribution in [2.24, 2.45) is 0 Å². The molecular weight excluding hydrogens is 563 g/mol. The van der Waals surface area contributed by atoms with Crippen molar-refractivity contribution >= 4 is 58.5 Å². The summed E-state index contributed by atoms with van der Waals surface area (Å²) >= 11 is 16.7. The molecule has 1 aliphatic heterocycles. The predicted octanol–water partition coefficient (Wildman–Crippen LogP) is 4.88. The van der Waals surface area contributed by atoms with Crippen LogP contribution in [0.15, 0.2) is 24.8 Å². The van der Waals surface area contributed by atoms with Crippen molar-refractivity contribution in [3.63, 3.8) is 0 Å². The Kier molecular flexibility index (Phi) is 13.3. The lowest BCUT2D eigenvalue weighted by atomic mass is 10.1. The minimum Gasteiger partial charge on any atom is -0.493 e. The van der Waals surface area contributed by atoms with Gasteiger partial charge < -0.3 is 29.0 Å². The SMILES string of the molecule is C=CCOC(=O)Nc1cc(OCCCCCC(=O)OCC(Cl)(Cl)Cl)c(OC)cc1C(=O)N1CCCC1CO. The number of carbonyl (C=O) groups is 3. The number of aliphatic hydroxyl groups excluding tert-OH is 1. The lowest BCUT2D eigenvalue weighted by Crippen LogP contribution is -2.38. The zero-order chi connectivity index (χ0) is 28.1. The smallest absolute Gasteiger partial charge is 0.411 e. The molecule has 2 rings (SSSR count). The number of methoxy groups -OCH3 is 1. The quantitative estimate of drug-likeness (QED) is 0.135. The molecule has 1 atom stereocenters. The van der Waals surface area contributed by atoms with Crippen molar-refractivity contribution in [3.05, 3.63) is 30.4 Å². The van der Waals surface area contributed by atoms with Crippen molar-refractivity contribution in [1.29, 1.82) is 0 Å². The number of halogens is 3. The average molecular weight is 596 g/mol. The van der Waals surface area contributed by atoms with Crippen LogP contribution in [0.25, 0.3) is 0 Å². The summed E-state index contributed by atoms with van der Waals surface area (Å²) in [5, 5.41) is 12.2. The summed E-state index contributed by atoms with van der Waals surface area (Å²) in [4.78, 5) is 38.9. The van der Waals surface area contributed by atoms with Crippen LogP contribution in [0, 0.1) is 0 Å². The minimum absolute atomic E-state index is 0.00855. The summed E-state index contributed by atoms with van der Waals surface area (Å²) in [6.45, 7) is 3.81. The summed E-state index contributed by atoms with van der Waals surface area (Å²) in [6.07, 6.45) is 4.11. The molecule has 38 heavy (non-hydrogen) atoms. The zero-order valence-corrected chi connectivity index (χ0v) is 23.4. The van der Waals surface area contributed by atoms with Crippen molar-refractivity contribution < 1.29 is 38.4 Å². The Balaban J connectivity index is 2.06. The number of nitrogens with one attached hydrogen (secondary N) is 1. The van der Waals surface area contributed by atoms with E-state index in [1.54, 1.807) is 4.90 Å². The van der Waals surface area contributed by atoms with Crippen LogP contribution in [0.5, 0.6) is 11.5 Å². The number of unbranched alkanes of at least 4 members (excludes halogenated alkanes) is 2. The second-order valence-corrected chi connectivity index (χ2v) is 11.0. The monoisotopic (exact) mass is 594 g/mol. The maximum Gasteiger partial charge on any atom is 0.411 e. The van der Waals surface area contributed by atoms with E-state index in [2.05, 4.69) is 11.9 Å². The molecule has 0 saturated carbocycles. The van der Waals surface area contributed by atoms with E-state index in [9.17, 15) is 19.5 Å². The zero-order valence-electron chi connectivity index (χ0n) is 21.2. The molecular formula is C25H33Cl3N2O8. The first-order valence-electron chi connectivity index (χ1n) is 12.1. The number of alkyl halides is 3. The minimum atomic E-state index is -1.65. The Bertz CT molecular complexity index is 971. The fourth-order valence-electron chi connectivity index (χ4n) is 3.81. The molecule has 0 radical (unpaired) electrons. The second-order valence-electron chi connectivity index (χ2n) is 8.47. The molecule has 1 aliphatic rings. The predicted molar refractivity (Wildman–Crippen MR) is 145 cm³/mol. The van der Waals surface area contributed by atoms with E-state index >= 15 is 0 Å². The van der Waals surface area contributed by atoms with Crippen molar-refractivity contribution in [1.82, 2.24) is 4.90 Å². The first-order valence-corrected chi connectivity index (χ1v) is 13.3. The largest absolute Gasteiger partial charge is 0.493 e. The molecule has 13 heteroatoms. The van der Waals surface area contributed by atoms with Gasteiger partial charge in [-0.05, 0) is 38.2 Å². The highest BCUT2D eigenvalue weighted by Gasteiger charge is 2.31. The van der Waals surface area contributed by atoms with Gasteiger partial charge in [0.05, 0.1) is 37.6 Å². The Morgan fingerprint density at radius 2 is 1.95 bits per heavy atom. The number of nitrogens with zero attached hydrogens (tertiary/aromatic N) is 1. The van der Waals surface area contributed by atoms with Crippen LogP contribution in [-0.2, 0) is 14.3 Å². The fraction of sp³-hybridized carbons (Fsp3) is 0.560. The van der Waals surface area contributed by atoms with Gasteiger partial charge in [-0.25, -0.2) is 4.79 Å². The molecule has 1 unspecified atom stereocenters. The number of hydrogen-bond donors (Lipinski definition) is 2. The molecule has 1 aromatic rings. The van der Waals surface area contributed by atoms with Crippen LogP contribution in [0.1, 0.15) is 48.9 Å². The van der Waals surface area contributed by atoms with E-state index in [-0.39, 0.29) is 56.0 Å². The summed E-state index contributed by atoms with van der Waals surface area (Å²) in [6, 6.07) is 2.69. The Hall–Kier alpha value is -2.40. The third-order valence-electron chi connectivity index (χ3n) is 5.63. The van der Waals surface area contributed by atoms with Gasteiger partial charge in [0.2, 0.25) is 3.79 Å². The first kappa shape index (κ1) is 31.8. The number of amides is 2. The Labute approximate surface area is 237 Å².